The molecule has 0 saturated heterocycles. The van der Waals surface area contributed by atoms with Crippen LogP contribution in [0.2, 0.25) is 0 Å². The fraction of sp³-hybridized carbons (Fsp3) is 0.875. The van der Waals surface area contributed by atoms with E-state index in [1.165, 1.54) is 20.0 Å². The fourth-order valence-electron chi connectivity index (χ4n) is 3.99. The van der Waals surface area contributed by atoms with Gasteiger partial charge in [-0.25, -0.2) is 0 Å². The number of carbonyl (C=O) groups is 2. The average Bonchev–Trinajstić information content (AvgIpc) is 2.46. The van der Waals surface area contributed by atoms with Gasteiger partial charge in [-0.2, -0.15) is 0 Å². The van der Waals surface area contributed by atoms with E-state index in [9.17, 15) is 9.59 Å². The predicted molar refractivity (Wildman–Crippen MR) is 73.6 cm³/mol. The zero-order valence-corrected chi connectivity index (χ0v) is 12.2. The van der Waals surface area contributed by atoms with E-state index in [1.807, 2.05) is 0 Å². The number of hydrogen-bond acceptors (Lipinski definition) is 3. The highest BCUT2D eigenvalue weighted by molar-refractivity contribution is 5.78. The van der Waals surface area contributed by atoms with Crippen LogP contribution in [0.4, 0.5) is 0 Å². The van der Waals surface area contributed by atoms with Crippen molar-refractivity contribution in [3.63, 3.8) is 0 Å². The second-order valence-corrected chi connectivity index (χ2v) is 6.36. The van der Waals surface area contributed by atoms with Crippen LogP contribution in [-0.2, 0) is 14.3 Å². The molecule has 0 unspecified atom stereocenters. The molecule has 2 aliphatic carbocycles. The first-order valence-corrected chi connectivity index (χ1v) is 7.70. The Morgan fingerprint density at radius 1 is 0.789 bits per heavy atom. The van der Waals surface area contributed by atoms with Gasteiger partial charge in [0.25, 0.3) is 0 Å². The quantitative estimate of drug-likeness (QED) is 0.736. The summed E-state index contributed by atoms with van der Waals surface area (Å²) in [5.41, 5.74) is 0. The summed E-state index contributed by atoms with van der Waals surface area (Å²) in [6, 6.07) is 0. The summed E-state index contributed by atoms with van der Waals surface area (Å²) in [5.74, 6) is 2.35. The SMILES string of the molecule is COC(=O)C1CCC(C2CCC(C(C)=O)CC2)CC1. The first-order valence-electron chi connectivity index (χ1n) is 7.70. The molecule has 0 bridgehead atoms. The van der Waals surface area contributed by atoms with Crippen molar-refractivity contribution in [3.8, 4) is 0 Å². The van der Waals surface area contributed by atoms with Crippen LogP contribution in [0.5, 0.6) is 0 Å². The molecular weight excluding hydrogens is 240 g/mol. The molecule has 3 heteroatoms. The maximum Gasteiger partial charge on any atom is 0.308 e. The monoisotopic (exact) mass is 266 g/mol. The number of Topliss-reactive ketones (excluding diaryl/α,β-unsaturated/α-hetero) is 1. The van der Waals surface area contributed by atoms with Crippen molar-refractivity contribution in [3.05, 3.63) is 0 Å². The van der Waals surface area contributed by atoms with E-state index in [-0.39, 0.29) is 11.9 Å². The third-order valence-corrected chi connectivity index (χ3v) is 5.32. The zero-order valence-electron chi connectivity index (χ0n) is 12.2. The zero-order chi connectivity index (χ0) is 13.8. The van der Waals surface area contributed by atoms with Crippen molar-refractivity contribution >= 4 is 11.8 Å². The van der Waals surface area contributed by atoms with Crippen molar-refractivity contribution in [2.75, 3.05) is 7.11 Å². The van der Waals surface area contributed by atoms with Crippen LogP contribution < -0.4 is 0 Å². The van der Waals surface area contributed by atoms with Crippen molar-refractivity contribution in [2.45, 2.75) is 58.3 Å². The lowest BCUT2D eigenvalue weighted by Gasteiger charge is -2.36. The maximum atomic E-state index is 11.5. The number of ether oxygens (including phenoxy) is 1. The van der Waals surface area contributed by atoms with Crippen LogP contribution in [0.25, 0.3) is 0 Å². The molecule has 0 aliphatic heterocycles. The summed E-state index contributed by atoms with van der Waals surface area (Å²) in [7, 11) is 1.48. The van der Waals surface area contributed by atoms with Gasteiger partial charge in [0, 0.05) is 5.92 Å². The molecule has 0 atom stereocenters. The molecule has 0 amide bonds. The molecule has 19 heavy (non-hydrogen) atoms. The van der Waals surface area contributed by atoms with E-state index >= 15 is 0 Å². The lowest BCUT2D eigenvalue weighted by molar-refractivity contribution is -0.147. The summed E-state index contributed by atoms with van der Waals surface area (Å²) in [6.45, 7) is 1.73. The second kappa shape index (κ2) is 6.53. The molecule has 3 nitrogen and oxygen atoms in total. The van der Waals surface area contributed by atoms with Gasteiger partial charge in [0.1, 0.15) is 5.78 Å². The molecule has 2 rings (SSSR count). The van der Waals surface area contributed by atoms with E-state index in [0.717, 1.165) is 50.4 Å². The third-order valence-electron chi connectivity index (χ3n) is 5.32. The highest BCUT2D eigenvalue weighted by Gasteiger charge is 2.33. The molecule has 0 aromatic heterocycles. The molecule has 0 N–H and O–H groups in total. The van der Waals surface area contributed by atoms with Gasteiger partial charge in [-0.15, -0.1) is 0 Å². The third kappa shape index (κ3) is 3.58. The molecule has 2 aliphatic rings. The largest absolute Gasteiger partial charge is 0.469 e. The predicted octanol–water partition coefficient (Wildman–Crippen LogP) is 3.36. The summed E-state index contributed by atoms with van der Waals surface area (Å²) in [5, 5.41) is 0. The van der Waals surface area contributed by atoms with Gasteiger partial charge in [-0.05, 0) is 70.1 Å². The molecule has 2 fully saturated rings. The van der Waals surface area contributed by atoms with E-state index < -0.39 is 0 Å². The molecule has 108 valence electrons. The fourth-order valence-corrected chi connectivity index (χ4v) is 3.99. The van der Waals surface area contributed by atoms with E-state index in [1.54, 1.807) is 6.92 Å². The van der Waals surface area contributed by atoms with Crippen LogP contribution >= 0.6 is 0 Å². The Morgan fingerprint density at radius 3 is 1.58 bits per heavy atom. The topological polar surface area (TPSA) is 43.4 Å². The molecular formula is C16H26O3. The molecule has 2 saturated carbocycles. The minimum absolute atomic E-state index is 0.0289. The van der Waals surface area contributed by atoms with Crippen molar-refractivity contribution < 1.29 is 14.3 Å². The average molecular weight is 266 g/mol. The number of rotatable bonds is 3. The lowest BCUT2D eigenvalue weighted by atomic mass is 9.69. The Hall–Kier alpha value is -0.860. The Bertz CT molecular complexity index is 321. The van der Waals surface area contributed by atoms with Gasteiger partial charge in [0.05, 0.1) is 13.0 Å². The Morgan fingerprint density at radius 2 is 1.21 bits per heavy atom. The van der Waals surface area contributed by atoms with Crippen molar-refractivity contribution in [1.82, 2.24) is 0 Å². The standard InChI is InChI=1S/C16H26O3/c1-11(17)12-3-5-13(6-4-12)14-7-9-15(10-8-14)16(18)19-2/h12-15H,3-10H2,1-2H3. The van der Waals surface area contributed by atoms with E-state index in [4.69, 9.17) is 4.74 Å². The molecule has 0 spiro atoms. The van der Waals surface area contributed by atoms with Gasteiger partial charge in [-0.1, -0.05) is 0 Å². The normalized spacial score (nSPS) is 35.7. The number of ketones is 1. The highest BCUT2D eigenvalue weighted by atomic mass is 16.5. The smallest absolute Gasteiger partial charge is 0.308 e. The molecule has 0 radical (unpaired) electrons. The minimum atomic E-state index is -0.0289. The highest BCUT2D eigenvalue weighted by Crippen LogP contribution is 2.41. The van der Waals surface area contributed by atoms with Crippen LogP contribution in [-0.4, -0.2) is 18.9 Å². The van der Waals surface area contributed by atoms with Crippen LogP contribution in [0.1, 0.15) is 58.3 Å². The van der Waals surface area contributed by atoms with E-state index in [2.05, 4.69) is 0 Å². The Balaban J connectivity index is 1.77. The summed E-state index contributed by atoms with van der Waals surface area (Å²) >= 11 is 0. The number of carbonyl (C=O) groups excluding carboxylic acids is 2. The number of hydrogen-bond donors (Lipinski definition) is 0. The van der Waals surface area contributed by atoms with Crippen LogP contribution in [0.15, 0.2) is 0 Å². The number of methoxy groups -OCH3 is 1. The number of esters is 1. The maximum absolute atomic E-state index is 11.5. The van der Waals surface area contributed by atoms with Gasteiger partial charge in [-0.3, -0.25) is 9.59 Å². The molecule has 0 aromatic carbocycles. The lowest BCUT2D eigenvalue weighted by Crippen LogP contribution is -2.29. The molecule has 0 heterocycles. The first kappa shape index (κ1) is 14.5. The van der Waals surface area contributed by atoms with Gasteiger partial charge < -0.3 is 4.74 Å². The van der Waals surface area contributed by atoms with Gasteiger partial charge >= 0.3 is 5.97 Å². The second-order valence-electron chi connectivity index (χ2n) is 6.36. The van der Waals surface area contributed by atoms with E-state index in [0.29, 0.717) is 11.7 Å². The van der Waals surface area contributed by atoms with Gasteiger partial charge in [0.15, 0.2) is 0 Å². The Labute approximate surface area is 116 Å². The van der Waals surface area contributed by atoms with Crippen LogP contribution in [0, 0.1) is 23.7 Å². The molecule has 0 aromatic rings. The van der Waals surface area contributed by atoms with Gasteiger partial charge in [0.2, 0.25) is 0 Å². The van der Waals surface area contributed by atoms with Crippen molar-refractivity contribution in [1.29, 1.82) is 0 Å². The minimum Gasteiger partial charge on any atom is -0.469 e. The first-order chi connectivity index (χ1) is 9.11. The van der Waals surface area contributed by atoms with Crippen molar-refractivity contribution in [2.24, 2.45) is 23.7 Å². The summed E-state index contributed by atoms with van der Waals surface area (Å²) in [6.07, 6.45) is 8.88. The Kier molecular flexibility index (Phi) is 5.00. The summed E-state index contributed by atoms with van der Waals surface area (Å²) in [4.78, 5) is 22.9. The van der Waals surface area contributed by atoms with Crippen LogP contribution in [0.3, 0.4) is 0 Å². The summed E-state index contributed by atoms with van der Waals surface area (Å²) < 4.78 is 4.83.